The van der Waals surface area contributed by atoms with E-state index in [1.807, 2.05) is 19.1 Å². The summed E-state index contributed by atoms with van der Waals surface area (Å²) < 4.78 is 10.8. The van der Waals surface area contributed by atoms with Crippen LogP contribution in [0.1, 0.15) is 36.8 Å². The van der Waals surface area contributed by atoms with E-state index < -0.39 is 5.54 Å². The van der Waals surface area contributed by atoms with Crippen molar-refractivity contribution in [1.82, 2.24) is 0 Å². The molecule has 2 rings (SSSR count). The molecule has 0 amide bonds. The minimum atomic E-state index is -0.494. The third-order valence-electron chi connectivity index (χ3n) is 3.88. The van der Waals surface area contributed by atoms with Gasteiger partial charge in [-0.05, 0) is 37.5 Å². The zero-order valence-electron chi connectivity index (χ0n) is 11.7. The number of nitrogens with zero attached hydrogens (tertiary/aromatic N) is 1. The molecule has 102 valence electrons. The van der Waals surface area contributed by atoms with Gasteiger partial charge in [-0.25, -0.2) is 4.79 Å². The molecule has 4 heteroatoms. The monoisotopic (exact) mass is 261 g/mol. The third-order valence-corrected chi connectivity index (χ3v) is 3.88. The summed E-state index contributed by atoms with van der Waals surface area (Å²) in [6, 6.07) is 3.85. The third kappa shape index (κ3) is 2.36. The van der Waals surface area contributed by atoms with Crippen LogP contribution in [0.15, 0.2) is 17.1 Å². The summed E-state index contributed by atoms with van der Waals surface area (Å²) in [4.78, 5) is 14.9. The summed E-state index contributed by atoms with van der Waals surface area (Å²) >= 11 is 0. The Morgan fingerprint density at radius 3 is 2.42 bits per heavy atom. The fourth-order valence-electron chi connectivity index (χ4n) is 2.96. The molecule has 1 aliphatic carbocycles. The molecule has 0 bridgehead atoms. The van der Waals surface area contributed by atoms with Gasteiger partial charge in [0.2, 0.25) is 6.08 Å². The molecule has 0 spiro atoms. The minimum Gasteiger partial charge on any atom is -0.497 e. The smallest absolute Gasteiger partial charge is 0.235 e. The van der Waals surface area contributed by atoms with Crippen molar-refractivity contribution in [2.45, 2.75) is 38.1 Å². The Hall–Kier alpha value is -1.80. The average molecular weight is 261 g/mol. The predicted octanol–water partition coefficient (Wildman–Crippen LogP) is 3.12. The lowest BCUT2D eigenvalue weighted by Crippen LogP contribution is -2.20. The van der Waals surface area contributed by atoms with Crippen molar-refractivity contribution in [3.05, 3.63) is 23.3 Å². The van der Waals surface area contributed by atoms with Crippen LogP contribution < -0.4 is 9.47 Å². The van der Waals surface area contributed by atoms with Crippen LogP contribution in [-0.4, -0.2) is 20.3 Å². The SMILES string of the molecule is COc1cc(C)c(OC)c(C2(N=C=O)CCCC2)c1. The van der Waals surface area contributed by atoms with Crippen LogP contribution in [0.2, 0.25) is 0 Å². The number of hydrogen-bond donors (Lipinski definition) is 0. The normalized spacial score (nSPS) is 16.8. The van der Waals surface area contributed by atoms with Gasteiger partial charge in [-0.15, -0.1) is 0 Å². The standard InChI is InChI=1S/C15H19NO3/c1-11-8-12(18-2)9-13(14(11)19-3)15(16-10-17)6-4-5-7-15/h8-9H,4-7H2,1-3H3. The van der Waals surface area contributed by atoms with Crippen molar-refractivity contribution in [1.29, 1.82) is 0 Å². The molecule has 0 radical (unpaired) electrons. The van der Waals surface area contributed by atoms with Crippen molar-refractivity contribution in [3.63, 3.8) is 0 Å². The van der Waals surface area contributed by atoms with Gasteiger partial charge in [-0.3, -0.25) is 0 Å². The molecule has 19 heavy (non-hydrogen) atoms. The predicted molar refractivity (Wildman–Crippen MR) is 72.6 cm³/mol. The maximum Gasteiger partial charge on any atom is 0.235 e. The Balaban J connectivity index is 2.64. The van der Waals surface area contributed by atoms with Crippen LogP contribution in [0.4, 0.5) is 0 Å². The van der Waals surface area contributed by atoms with Gasteiger partial charge in [0.05, 0.1) is 14.2 Å². The number of hydrogen-bond acceptors (Lipinski definition) is 4. The highest BCUT2D eigenvalue weighted by molar-refractivity contribution is 5.52. The molecule has 4 nitrogen and oxygen atoms in total. The second-order valence-electron chi connectivity index (χ2n) is 4.97. The van der Waals surface area contributed by atoms with Crippen LogP contribution in [0.5, 0.6) is 11.5 Å². The molecule has 1 aromatic rings. The number of ether oxygens (including phenoxy) is 2. The van der Waals surface area contributed by atoms with E-state index in [0.717, 1.165) is 48.3 Å². The van der Waals surface area contributed by atoms with E-state index in [9.17, 15) is 4.79 Å². The lowest BCUT2D eigenvalue weighted by Gasteiger charge is -2.26. The van der Waals surface area contributed by atoms with Gasteiger partial charge < -0.3 is 9.47 Å². The molecule has 1 aliphatic rings. The average Bonchev–Trinajstić information content (AvgIpc) is 2.88. The number of aliphatic imine (C=N–C) groups is 1. The van der Waals surface area contributed by atoms with E-state index >= 15 is 0 Å². The largest absolute Gasteiger partial charge is 0.497 e. The van der Waals surface area contributed by atoms with Crippen LogP contribution >= 0.6 is 0 Å². The van der Waals surface area contributed by atoms with Crippen molar-refractivity contribution >= 4 is 6.08 Å². The van der Waals surface area contributed by atoms with E-state index in [0.29, 0.717) is 0 Å². The summed E-state index contributed by atoms with van der Waals surface area (Å²) in [7, 11) is 3.28. The Kier molecular flexibility index (Phi) is 3.91. The zero-order valence-corrected chi connectivity index (χ0v) is 11.7. The van der Waals surface area contributed by atoms with E-state index in [2.05, 4.69) is 4.99 Å². The molecule has 0 unspecified atom stereocenters. The number of methoxy groups -OCH3 is 2. The topological polar surface area (TPSA) is 47.9 Å². The van der Waals surface area contributed by atoms with Gasteiger partial charge in [0.15, 0.2) is 0 Å². The molecule has 1 saturated carbocycles. The first-order valence-corrected chi connectivity index (χ1v) is 6.49. The Morgan fingerprint density at radius 1 is 1.21 bits per heavy atom. The number of carbonyl (C=O) groups excluding carboxylic acids is 1. The second-order valence-corrected chi connectivity index (χ2v) is 4.97. The quantitative estimate of drug-likeness (QED) is 0.618. The first-order valence-electron chi connectivity index (χ1n) is 6.49. The summed E-state index contributed by atoms with van der Waals surface area (Å²) in [5.41, 5.74) is 1.43. The molecule has 1 fully saturated rings. The van der Waals surface area contributed by atoms with Crippen molar-refractivity contribution in [3.8, 4) is 11.5 Å². The minimum absolute atomic E-state index is 0.494. The number of isocyanates is 1. The van der Waals surface area contributed by atoms with Crippen molar-refractivity contribution in [2.24, 2.45) is 4.99 Å². The van der Waals surface area contributed by atoms with Gasteiger partial charge in [0, 0.05) is 5.56 Å². The van der Waals surface area contributed by atoms with Gasteiger partial charge in [-0.2, -0.15) is 4.99 Å². The second kappa shape index (κ2) is 5.45. The van der Waals surface area contributed by atoms with Crippen LogP contribution in [0, 0.1) is 6.92 Å². The van der Waals surface area contributed by atoms with E-state index in [1.54, 1.807) is 20.3 Å². The number of benzene rings is 1. The molecule has 0 N–H and O–H groups in total. The summed E-state index contributed by atoms with van der Waals surface area (Å²) in [5, 5.41) is 0. The molecule has 0 saturated heterocycles. The highest BCUT2D eigenvalue weighted by Crippen LogP contribution is 2.47. The van der Waals surface area contributed by atoms with Gasteiger partial charge in [0.1, 0.15) is 17.0 Å². The lowest BCUT2D eigenvalue weighted by atomic mass is 9.86. The van der Waals surface area contributed by atoms with Crippen LogP contribution in [-0.2, 0) is 10.3 Å². The molecule has 1 aromatic carbocycles. The van der Waals surface area contributed by atoms with Gasteiger partial charge >= 0.3 is 0 Å². The van der Waals surface area contributed by atoms with Gasteiger partial charge in [-0.1, -0.05) is 12.8 Å². The van der Waals surface area contributed by atoms with Crippen molar-refractivity contribution in [2.75, 3.05) is 14.2 Å². The van der Waals surface area contributed by atoms with Crippen LogP contribution in [0.25, 0.3) is 0 Å². The Morgan fingerprint density at radius 2 is 1.89 bits per heavy atom. The van der Waals surface area contributed by atoms with E-state index in [-0.39, 0.29) is 0 Å². The maximum absolute atomic E-state index is 10.8. The Bertz CT molecular complexity index is 512. The lowest BCUT2D eigenvalue weighted by molar-refractivity contribution is 0.369. The van der Waals surface area contributed by atoms with Crippen LogP contribution in [0.3, 0.4) is 0 Å². The fourth-order valence-corrected chi connectivity index (χ4v) is 2.96. The van der Waals surface area contributed by atoms with Crippen molar-refractivity contribution < 1.29 is 14.3 Å². The van der Waals surface area contributed by atoms with E-state index in [1.165, 1.54) is 0 Å². The maximum atomic E-state index is 10.8. The number of aryl methyl sites for hydroxylation is 1. The summed E-state index contributed by atoms with van der Waals surface area (Å²) in [6.07, 6.45) is 5.56. The molecule has 0 atom stereocenters. The number of rotatable bonds is 4. The summed E-state index contributed by atoms with van der Waals surface area (Å²) in [5.74, 6) is 1.56. The summed E-state index contributed by atoms with van der Waals surface area (Å²) in [6.45, 7) is 1.97. The molecule has 0 heterocycles. The first kappa shape index (κ1) is 13.6. The molecular weight excluding hydrogens is 242 g/mol. The molecule has 0 aromatic heterocycles. The Labute approximate surface area is 113 Å². The molecule has 0 aliphatic heterocycles. The van der Waals surface area contributed by atoms with Gasteiger partial charge in [0.25, 0.3) is 0 Å². The van der Waals surface area contributed by atoms with E-state index in [4.69, 9.17) is 9.47 Å². The molecular formula is C15H19NO3. The first-order chi connectivity index (χ1) is 9.16. The fraction of sp³-hybridized carbons (Fsp3) is 0.533. The highest BCUT2D eigenvalue weighted by Gasteiger charge is 2.38. The highest BCUT2D eigenvalue weighted by atomic mass is 16.5. The zero-order chi connectivity index (χ0) is 13.9.